The summed E-state index contributed by atoms with van der Waals surface area (Å²) in [6, 6.07) is 11.2. The minimum atomic E-state index is -0.0567. The number of amides is 1. The Labute approximate surface area is 179 Å². The number of allylic oxidation sites excluding steroid dienone is 1. The van der Waals surface area contributed by atoms with Gasteiger partial charge in [-0.1, -0.05) is 41.6 Å². The van der Waals surface area contributed by atoms with Crippen LogP contribution in [-0.4, -0.2) is 43.4 Å². The Morgan fingerprint density at radius 2 is 1.93 bits per heavy atom. The number of hydrogen-bond donors (Lipinski definition) is 0. The monoisotopic (exact) mass is 427 g/mol. The zero-order chi connectivity index (χ0) is 20.8. The Kier molecular flexibility index (Phi) is 7.06. The number of carbonyl (C=O) groups excluding carboxylic acids is 1. The van der Waals surface area contributed by atoms with Gasteiger partial charge in [-0.2, -0.15) is 0 Å². The topological polar surface area (TPSA) is 63.9 Å². The summed E-state index contributed by atoms with van der Waals surface area (Å²) in [7, 11) is 1.80. The molecular weight excluding hydrogens is 406 g/mol. The number of hydrogen-bond acceptors (Lipinski definition) is 5. The minimum Gasteiger partial charge on any atom is -0.338 e. The number of halogens is 1. The third kappa shape index (κ3) is 5.05. The van der Waals surface area contributed by atoms with Crippen LogP contribution in [0.15, 0.2) is 66.6 Å². The van der Waals surface area contributed by atoms with Gasteiger partial charge in [-0.25, -0.2) is 0 Å². The van der Waals surface area contributed by atoms with Crippen LogP contribution in [0, 0.1) is 0 Å². The van der Waals surface area contributed by atoms with Gasteiger partial charge in [0.05, 0.1) is 11.8 Å². The molecule has 29 heavy (non-hydrogen) atoms. The Morgan fingerprint density at radius 1 is 1.24 bits per heavy atom. The van der Waals surface area contributed by atoms with Crippen molar-refractivity contribution in [3.8, 4) is 11.4 Å². The van der Waals surface area contributed by atoms with Crippen molar-refractivity contribution in [2.45, 2.75) is 24.7 Å². The zero-order valence-electron chi connectivity index (χ0n) is 16.3. The van der Waals surface area contributed by atoms with Crippen LogP contribution in [0.3, 0.4) is 0 Å². The van der Waals surface area contributed by atoms with Gasteiger partial charge in [0.25, 0.3) is 0 Å². The molecular formula is C21H22ClN5OS. The summed E-state index contributed by atoms with van der Waals surface area (Å²) in [6.45, 7) is 6.36. The fourth-order valence-corrected chi connectivity index (χ4v) is 3.81. The normalized spacial score (nSPS) is 11.8. The van der Waals surface area contributed by atoms with Crippen LogP contribution in [0.4, 0.5) is 0 Å². The molecule has 1 aromatic carbocycles. The molecule has 0 aliphatic rings. The third-order valence-electron chi connectivity index (χ3n) is 4.62. The molecule has 1 atom stereocenters. The van der Waals surface area contributed by atoms with Gasteiger partial charge in [0.15, 0.2) is 11.0 Å². The number of nitrogens with zero attached hydrogens (tertiary/aromatic N) is 5. The van der Waals surface area contributed by atoms with Gasteiger partial charge in [0.2, 0.25) is 5.91 Å². The molecule has 0 aliphatic heterocycles. The van der Waals surface area contributed by atoms with Crippen molar-refractivity contribution in [2.24, 2.45) is 0 Å². The van der Waals surface area contributed by atoms with Gasteiger partial charge < -0.3 is 4.90 Å². The molecule has 1 amide bonds. The van der Waals surface area contributed by atoms with E-state index >= 15 is 0 Å². The molecule has 0 aliphatic carbocycles. The molecule has 1 unspecified atom stereocenters. The van der Waals surface area contributed by atoms with E-state index < -0.39 is 0 Å². The van der Waals surface area contributed by atoms with Crippen LogP contribution < -0.4 is 0 Å². The predicted molar refractivity (Wildman–Crippen MR) is 117 cm³/mol. The van der Waals surface area contributed by atoms with Crippen LogP contribution in [0.1, 0.15) is 18.5 Å². The summed E-state index contributed by atoms with van der Waals surface area (Å²) in [6.07, 6.45) is 5.21. The molecule has 8 heteroatoms. The van der Waals surface area contributed by atoms with Crippen LogP contribution in [0.25, 0.3) is 11.4 Å². The molecule has 2 aromatic heterocycles. The fourth-order valence-electron chi connectivity index (χ4n) is 2.81. The summed E-state index contributed by atoms with van der Waals surface area (Å²) in [5.41, 5.74) is 1.95. The number of benzene rings is 1. The number of carbonyl (C=O) groups is 1. The highest BCUT2D eigenvalue weighted by Gasteiger charge is 2.20. The van der Waals surface area contributed by atoms with E-state index in [0.717, 1.165) is 17.0 Å². The maximum absolute atomic E-state index is 12.7. The second kappa shape index (κ2) is 9.71. The lowest BCUT2D eigenvalue weighted by Gasteiger charge is -2.25. The van der Waals surface area contributed by atoms with E-state index in [0.29, 0.717) is 16.7 Å². The molecule has 0 fully saturated rings. The quantitative estimate of drug-likeness (QED) is 0.391. The van der Waals surface area contributed by atoms with Crippen molar-refractivity contribution in [3.05, 3.63) is 72.0 Å². The molecule has 0 radical (unpaired) electrons. The van der Waals surface area contributed by atoms with Crippen molar-refractivity contribution in [1.82, 2.24) is 24.6 Å². The molecule has 3 rings (SSSR count). The molecule has 6 nitrogen and oxygen atoms in total. The van der Waals surface area contributed by atoms with Crippen LogP contribution in [0.2, 0.25) is 5.02 Å². The minimum absolute atomic E-state index is 0.0102. The van der Waals surface area contributed by atoms with Gasteiger partial charge in [-0.15, -0.1) is 16.8 Å². The molecule has 150 valence electrons. The van der Waals surface area contributed by atoms with Crippen molar-refractivity contribution in [1.29, 1.82) is 0 Å². The average molecular weight is 428 g/mol. The summed E-state index contributed by atoms with van der Waals surface area (Å²) in [5.74, 6) is 1.00. The maximum Gasteiger partial charge on any atom is 0.233 e. The molecule has 2 heterocycles. The highest BCUT2D eigenvalue weighted by molar-refractivity contribution is 7.99. The van der Waals surface area contributed by atoms with Gasteiger partial charge in [0.1, 0.15) is 0 Å². The first kappa shape index (κ1) is 21.1. The molecule has 3 aromatic rings. The third-order valence-corrected chi connectivity index (χ3v) is 5.82. The standard InChI is InChI=1S/C21H22ClN5OS/c1-4-13-27-20(17-9-11-23-12-10-17)24-25-21(27)29-14-19(28)26(3)15(2)16-5-7-18(22)8-6-16/h4-12,15H,1,13-14H2,2-3H3. The Bertz CT molecular complexity index is 974. The number of pyridine rings is 1. The largest absolute Gasteiger partial charge is 0.338 e. The van der Waals surface area contributed by atoms with E-state index in [1.807, 2.05) is 47.9 Å². The highest BCUT2D eigenvalue weighted by atomic mass is 35.5. The van der Waals surface area contributed by atoms with Crippen molar-refractivity contribution in [2.75, 3.05) is 12.8 Å². The van der Waals surface area contributed by atoms with Gasteiger partial charge in [-0.05, 0) is 36.8 Å². The van der Waals surface area contributed by atoms with Crippen molar-refractivity contribution in [3.63, 3.8) is 0 Å². The van der Waals surface area contributed by atoms with Crippen molar-refractivity contribution < 1.29 is 4.79 Å². The summed E-state index contributed by atoms with van der Waals surface area (Å²) < 4.78 is 1.95. The number of aromatic nitrogens is 4. The van der Waals surface area contributed by atoms with Crippen LogP contribution in [0.5, 0.6) is 0 Å². The van der Waals surface area contributed by atoms with E-state index in [4.69, 9.17) is 11.6 Å². The van der Waals surface area contributed by atoms with Gasteiger partial charge in [0, 0.05) is 36.6 Å². The lowest BCUT2D eigenvalue weighted by molar-refractivity contribution is -0.128. The summed E-state index contributed by atoms with van der Waals surface area (Å²) >= 11 is 7.32. The molecule has 0 spiro atoms. The number of thioether (sulfide) groups is 1. The molecule has 0 N–H and O–H groups in total. The lowest BCUT2D eigenvalue weighted by Crippen LogP contribution is -2.31. The SMILES string of the molecule is C=CCn1c(SCC(=O)N(C)C(C)c2ccc(Cl)cc2)nnc1-c1ccncc1. The Balaban J connectivity index is 1.70. The van der Waals surface area contributed by atoms with E-state index in [1.54, 1.807) is 30.4 Å². The fraction of sp³-hybridized carbons (Fsp3) is 0.238. The highest BCUT2D eigenvalue weighted by Crippen LogP contribution is 2.26. The van der Waals surface area contributed by atoms with Gasteiger partial charge >= 0.3 is 0 Å². The van der Waals surface area contributed by atoms with Crippen LogP contribution in [-0.2, 0) is 11.3 Å². The van der Waals surface area contributed by atoms with Gasteiger partial charge in [-0.3, -0.25) is 14.3 Å². The van der Waals surface area contributed by atoms with E-state index in [-0.39, 0.29) is 17.7 Å². The second-order valence-electron chi connectivity index (χ2n) is 6.46. The smallest absolute Gasteiger partial charge is 0.233 e. The summed E-state index contributed by atoms with van der Waals surface area (Å²) in [5, 5.41) is 9.93. The Morgan fingerprint density at radius 3 is 2.59 bits per heavy atom. The first-order chi connectivity index (χ1) is 14.0. The summed E-state index contributed by atoms with van der Waals surface area (Å²) in [4.78, 5) is 18.5. The van der Waals surface area contributed by atoms with Crippen LogP contribution >= 0.6 is 23.4 Å². The first-order valence-corrected chi connectivity index (χ1v) is 10.5. The van der Waals surface area contributed by atoms with E-state index in [1.165, 1.54) is 11.8 Å². The lowest BCUT2D eigenvalue weighted by atomic mass is 10.1. The molecule has 0 saturated carbocycles. The average Bonchev–Trinajstić information content (AvgIpc) is 3.15. The van der Waals surface area contributed by atoms with E-state index in [2.05, 4.69) is 21.8 Å². The zero-order valence-corrected chi connectivity index (χ0v) is 17.9. The predicted octanol–water partition coefficient (Wildman–Crippen LogP) is 4.49. The second-order valence-corrected chi connectivity index (χ2v) is 7.84. The molecule has 0 saturated heterocycles. The molecule has 0 bridgehead atoms. The first-order valence-electron chi connectivity index (χ1n) is 9.09. The van der Waals surface area contributed by atoms with E-state index in [9.17, 15) is 4.79 Å². The van der Waals surface area contributed by atoms with Crippen molar-refractivity contribution >= 4 is 29.3 Å². The number of rotatable bonds is 8. The Hall–Kier alpha value is -2.64. The maximum atomic E-state index is 12.7.